The van der Waals surface area contributed by atoms with E-state index in [0.29, 0.717) is 16.6 Å². The second-order valence-electron chi connectivity index (χ2n) is 9.44. The van der Waals surface area contributed by atoms with E-state index >= 15 is 0 Å². The first-order valence-electron chi connectivity index (χ1n) is 12.8. The molecule has 0 bridgehead atoms. The summed E-state index contributed by atoms with van der Waals surface area (Å²) in [5.74, 6) is -2.51. The lowest BCUT2D eigenvalue weighted by molar-refractivity contribution is -0.255. The zero-order chi connectivity index (χ0) is 30.6. The summed E-state index contributed by atoms with van der Waals surface area (Å²) in [6.45, 7) is 5.87. The van der Waals surface area contributed by atoms with Gasteiger partial charge in [0.2, 0.25) is 5.43 Å². The van der Waals surface area contributed by atoms with Crippen LogP contribution < -0.4 is 10.2 Å². The molecule has 0 amide bonds. The molecule has 2 aromatic heterocycles. The highest BCUT2D eigenvalue weighted by Crippen LogP contribution is 2.31. The number of hydrogen-bond donors (Lipinski definition) is 0. The second kappa shape index (κ2) is 13.1. The van der Waals surface area contributed by atoms with Crippen molar-refractivity contribution < 1.29 is 52.0 Å². The summed E-state index contributed by atoms with van der Waals surface area (Å²) in [5, 5.41) is 2.91. The summed E-state index contributed by atoms with van der Waals surface area (Å²) < 4.78 is 39.0. The average molecular weight is 604 g/mol. The van der Waals surface area contributed by atoms with Crippen LogP contribution in [0.25, 0.3) is 22.2 Å². The Morgan fingerprint density at radius 2 is 1.50 bits per heavy atom. The monoisotopic (exact) mass is 603 g/mol. The Hall–Kier alpha value is -4.30. The third-order valence-corrected chi connectivity index (χ3v) is 6.92. The van der Waals surface area contributed by atoms with Crippen LogP contribution in [0.1, 0.15) is 32.7 Å². The van der Waals surface area contributed by atoms with Crippen molar-refractivity contribution in [1.82, 2.24) is 4.98 Å². The van der Waals surface area contributed by atoms with Crippen molar-refractivity contribution in [2.75, 3.05) is 13.2 Å². The molecule has 0 radical (unpaired) electrons. The molecule has 3 heterocycles. The van der Waals surface area contributed by atoms with Gasteiger partial charge >= 0.3 is 23.9 Å². The molecular formula is C28H29NO12S. The van der Waals surface area contributed by atoms with Crippen molar-refractivity contribution in [3.05, 3.63) is 45.1 Å². The van der Waals surface area contributed by atoms with Crippen LogP contribution in [0.15, 0.2) is 39.1 Å². The molecule has 0 spiro atoms. The van der Waals surface area contributed by atoms with Crippen molar-refractivity contribution in [3.63, 3.8) is 0 Å². The van der Waals surface area contributed by atoms with Gasteiger partial charge in [0.1, 0.15) is 43.0 Å². The number of thiazole rings is 1. The molecule has 5 atom stereocenters. The van der Waals surface area contributed by atoms with Gasteiger partial charge in [-0.2, -0.15) is 0 Å². The highest BCUT2D eigenvalue weighted by atomic mass is 32.1. The Morgan fingerprint density at radius 1 is 0.881 bits per heavy atom. The van der Waals surface area contributed by atoms with Crippen LogP contribution in [0.3, 0.4) is 0 Å². The molecule has 1 aromatic carbocycles. The van der Waals surface area contributed by atoms with Gasteiger partial charge in [0.05, 0.1) is 21.7 Å². The Balaban J connectivity index is 1.61. The molecule has 1 fully saturated rings. The quantitative estimate of drug-likeness (QED) is 0.259. The summed E-state index contributed by atoms with van der Waals surface area (Å²) in [6.07, 6.45) is -4.65. The molecule has 0 saturated carbocycles. The van der Waals surface area contributed by atoms with E-state index in [9.17, 15) is 24.0 Å². The van der Waals surface area contributed by atoms with E-state index in [4.69, 9.17) is 32.8 Å². The fourth-order valence-corrected chi connectivity index (χ4v) is 5.11. The molecule has 3 aromatic rings. The summed E-state index contributed by atoms with van der Waals surface area (Å²) in [4.78, 5) is 64.8. The van der Waals surface area contributed by atoms with Gasteiger partial charge in [-0.05, 0) is 19.1 Å². The van der Waals surface area contributed by atoms with Crippen molar-refractivity contribution in [1.29, 1.82) is 0 Å². The van der Waals surface area contributed by atoms with Crippen LogP contribution in [-0.2, 0) is 42.9 Å². The minimum absolute atomic E-state index is 0.245. The Labute approximate surface area is 243 Å². The lowest BCUT2D eigenvalue weighted by Crippen LogP contribution is -2.63. The molecule has 1 saturated heterocycles. The van der Waals surface area contributed by atoms with Gasteiger partial charge in [-0.25, -0.2) is 4.98 Å². The topological polar surface area (TPSA) is 167 Å². The Morgan fingerprint density at radius 3 is 2.07 bits per heavy atom. The van der Waals surface area contributed by atoms with E-state index in [2.05, 4.69) is 4.98 Å². The molecule has 1 aliphatic rings. The van der Waals surface area contributed by atoms with Gasteiger partial charge in [0, 0.05) is 39.1 Å². The Bertz CT molecular complexity index is 1550. The fraction of sp³-hybridized carbons (Fsp3) is 0.429. The van der Waals surface area contributed by atoms with Gasteiger partial charge in [-0.1, -0.05) is 0 Å². The van der Waals surface area contributed by atoms with Crippen molar-refractivity contribution in [2.45, 2.75) is 65.1 Å². The highest BCUT2D eigenvalue weighted by molar-refractivity contribution is 7.09. The Kier molecular flexibility index (Phi) is 9.58. The number of aromatic nitrogens is 1. The second-order valence-corrected chi connectivity index (χ2v) is 10.5. The zero-order valence-electron chi connectivity index (χ0n) is 23.4. The van der Waals surface area contributed by atoms with Gasteiger partial charge in [0.15, 0.2) is 18.3 Å². The number of nitrogens with zero attached hydrogens (tertiary/aromatic N) is 1. The van der Waals surface area contributed by atoms with Crippen molar-refractivity contribution >= 4 is 46.2 Å². The molecule has 0 N–H and O–H groups in total. The molecule has 0 aliphatic carbocycles. The maximum Gasteiger partial charge on any atom is 0.303 e. The molecular weight excluding hydrogens is 574 g/mol. The highest BCUT2D eigenvalue weighted by Gasteiger charge is 2.52. The lowest BCUT2D eigenvalue weighted by atomic mass is 9.94. The zero-order valence-corrected chi connectivity index (χ0v) is 24.3. The number of carbonyl (C=O) groups excluding carboxylic acids is 4. The van der Waals surface area contributed by atoms with Crippen molar-refractivity contribution in [2.24, 2.45) is 0 Å². The maximum atomic E-state index is 13.1. The van der Waals surface area contributed by atoms with E-state index < -0.39 is 54.4 Å². The normalized spacial score (nSPS) is 21.8. The van der Waals surface area contributed by atoms with Gasteiger partial charge in [-0.3, -0.25) is 24.0 Å². The largest absolute Gasteiger partial charge is 0.491 e. The first-order valence-corrected chi connectivity index (χ1v) is 13.7. The molecule has 14 heteroatoms. The summed E-state index contributed by atoms with van der Waals surface area (Å²) in [5.41, 5.74) is 0.859. The standard InChI is InChI=1S/C28H29NO12S/c1-13-29-21(12-42-13)20-9-37-22-8-18(6-7-19(22)25(20)34)36-11-24-27(39-16(4)32)28(40-17(5)33)26(38-15(3)31)23(41-24)10-35-14(2)30/h6-9,12,23-24,26-28H,10-11H2,1-5H3/t23-,24-,26+,27-,28+/m0/s1. The number of esters is 4. The molecule has 13 nitrogen and oxygen atoms in total. The summed E-state index contributed by atoms with van der Waals surface area (Å²) >= 11 is 1.42. The van der Waals surface area contributed by atoms with Crippen LogP contribution in [0.5, 0.6) is 5.75 Å². The molecule has 0 unspecified atom stereocenters. The smallest absolute Gasteiger partial charge is 0.303 e. The number of hydrogen-bond acceptors (Lipinski definition) is 14. The summed E-state index contributed by atoms with van der Waals surface area (Å²) in [6, 6.07) is 4.62. The van der Waals surface area contributed by atoms with Gasteiger partial charge in [-0.15, -0.1) is 11.3 Å². The number of carbonyl (C=O) groups is 4. The molecule has 224 valence electrons. The van der Waals surface area contributed by atoms with E-state index in [0.717, 1.165) is 25.8 Å². The van der Waals surface area contributed by atoms with Crippen LogP contribution in [0.2, 0.25) is 0 Å². The fourth-order valence-electron chi connectivity index (χ4n) is 4.49. The van der Waals surface area contributed by atoms with Crippen LogP contribution in [-0.4, -0.2) is 72.6 Å². The minimum atomic E-state index is -1.30. The molecule has 1 aliphatic heterocycles. The predicted octanol–water partition coefficient (Wildman–Crippen LogP) is 2.73. The molecule has 4 rings (SSSR count). The van der Waals surface area contributed by atoms with E-state index in [1.54, 1.807) is 17.5 Å². The van der Waals surface area contributed by atoms with Crippen molar-refractivity contribution in [3.8, 4) is 17.0 Å². The average Bonchev–Trinajstić information content (AvgIpc) is 3.34. The minimum Gasteiger partial charge on any atom is -0.491 e. The number of fused-ring (bicyclic) bond motifs is 1. The maximum absolute atomic E-state index is 13.1. The lowest BCUT2D eigenvalue weighted by Gasteiger charge is -2.44. The third-order valence-electron chi connectivity index (χ3n) is 6.14. The number of aryl methyl sites for hydroxylation is 1. The van der Waals surface area contributed by atoms with Gasteiger partial charge in [0.25, 0.3) is 0 Å². The third kappa shape index (κ3) is 7.31. The van der Waals surface area contributed by atoms with E-state index in [1.807, 2.05) is 6.92 Å². The number of benzene rings is 1. The van der Waals surface area contributed by atoms with Crippen LogP contribution >= 0.6 is 11.3 Å². The number of ether oxygens (including phenoxy) is 6. The predicted molar refractivity (Wildman–Crippen MR) is 146 cm³/mol. The van der Waals surface area contributed by atoms with Crippen LogP contribution in [0.4, 0.5) is 0 Å². The van der Waals surface area contributed by atoms with Crippen LogP contribution in [0, 0.1) is 6.92 Å². The van der Waals surface area contributed by atoms with E-state index in [1.165, 1.54) is 30.6 Å². The SMILES string of the molecule is CC(=O)OC[C@@H]1O[C@@H](COc2ccc3c(=O)c(-c4csc(C)n4)coc3c2)[C@H](OC(C)=O)[C@H](OC(C)=O)[C@@H]1OC(C)=O. The first-order chi connectivity index (χ1) is 19.9. The summed E-state index contributed by atoms with van der Waals surface area (Å²) in [7, 11) is 0. The molecule has 42 heavy (non-hydrogen) atoms. The number of rotatable bonds is 9. The van der Waals surface area contributed by atoms with Gasteiger partial charge < -0.3 is 32.8 Å². The van der Waals surface area contributed by atoms with E-state index in [-0.39, 0.29) is 30.0 Å². The first kappa shape index (κ1) is 30.7.